The first kappa shape index (κ1) is 22.9. The maximum absolute atomic E-state index is 14.4. The Labute approximate surface area is 156 Å². The normalized spacial score (nSPS) is 12.0. The number of ether oxygens (including phenoxy) is 2. The Balaban J connectivity index is 3.14. The lowest BCUT2D eigenvalue weighted by Gasteiger charge is -2.35. The molecule has 0 heterocycles. The average Bonchev–Trinajstić information content (AvgIpc) is 2.68. The molecule has 160 valence electrons. The summed E-state index contributed by atoms with van der Waals surface area (Å²) in [6.07, 6.45) is 0. The number of rotatable bonds is 6. The highest BCUT2D eigenvalue weighted by Crippen LogP contribution is 2.43. The first-order chi connectivity index (χ1) is 13.5. The number of hydrogen-bond acceptors (Lipinski definition) is 2. The molecule has 0 aliphatic rings. The van der Waals surface area contributed by atoms with Gasteiger partial charge in [-0.2, -0.15) is 0 Å². The molecule has 0 unspecified atom stereocenters. The minimum Gasteiger partial charge on any atom is -0.342 e. The fourth-order valence-corrected chi connectivity index (χ4v) is 2.65. The van der Waals surface area contributed by atoms with Gasteiger partial charge in [-0.3, -0.25) is 0 Å². The molecule has 0 aliphatic heterocycles. The van der Waals surface area contributed by atoms with Gasteiger partial charge < -0.3 is 9.47 Å². The highest BCUT2D eigenvalue weighted by molar-refractivity contribution is 5.40. The Morgan fingerprint density at radius 2 is 0.655 bits per heavy atom. The molecule has 0 amide bonds. The zero-order valence-electron chi connectivity index (χ0n) is 14.5. The second-order valence-corrected chi connectivity index (χ2v) is 5.37. The van der Waals surface area contributed by atoms with Gasteiger partial charge >= 0.3 is 0 Å². The average molecular weight is 436 g/mol. The highest BCUT2D eigenvalue weighted by atomic mass is 19.2. The summed E-state index contributed by atoms with van der Waals surface area (Å²) in [4.78, 5) is 0. The quantitative estimate of drug-likeness (QED) is 0.263. The largest absolute Gasteiger partial charge is 0.342 e. The van der Waals surface area contributed by atoms with Crippen LogP contribution in [0.2, 0.25) is 0 Å². The van der Waals surface area contributed by atoms with Gasteiger partial charge in [-0.1, -0.05) is 0 Å². The van der Waals surface area contributed by atoms with E-state index < -0.39 is 88.3 Å². The van der Waals surface area contributed by atoms with Gasteiger partial charge in [-0.05, 0) is 13.8 Å². The van der Waals surface area contributed by atoms with Crippen LogP contribution in [-0.4, -0.2) is 13.2 Å². The Bertz CT molecular complexity index is 825. The van der Waals surface area contributed by atoms with Gasteiger partial charge in [0.15, 0.2) is 46.5 Å². The Hall–Kier alpha value is -2.34. The van der Waals surface area contributed by atoms with Crippen molar-refractivity contribution < 1.29 is 53.4 Å². The monoisotopic (exact) mass is 436 g/mol. The van der Waals surface area contributed by atoms with E-state index in [-0.39, 0.29) is 0 Å². The molecular formula is C17H10F10O2. The van der Waals surface area contributed by atoms with Crippen molar-refractivity contribution in [2.24, 2.45) is 0 Å². The van der Waals surface area contributed by atoms with E-state index in [1.54, 1.807) is 0 Å². The third-order valence-corrected chi connectivity index (χ3v) is 3.77. The van der Waals surface area contributed by atoms with Gasteiger partial charge in [0.2, 0.25) is 17.4 Å². The fourth-order valence-electron chi connectivity index (χ4n) is 2.65. The second-order valence-electron chi connectivity index (χ2n) is 5.37. The van der Waals surface area contributed by atoms with Crippen molar-refractivity contribution in [2.45, 2.75) is 19.6 Å². The van der Waals surface area contributed by atoms with Crippen molar-refractivity contribution in [1.29, 1.82) is 0 Å². The van der Waals surface area contributed by atoms with Crippen molar-refractivity contribution in [1.82, 2.24) is 0 Å². The van der Waals surface area contributed by atoms with Gasteiger partial charge in [-0.25, -0.2) is 43.9 Å². The van der Waals surface area contributed by atoms with Crippen LogP contribution in [0, 0.1) is 58.2 Å². The molecule has 0 saturated heterocycles. The Morgan fingerprint density at radius 1 is 0.448 bits per heavy atom. The molecule has 0 spiro atoms. The molecule has 2 rings (SSSR count). The summed E-state index contributed by atoms with van der Waals surface area (Å²) in [6, 6.07) is 0. The van der Waals surface area contributed by atoms with Gasteiger partial charge in [0.05, 0.1) is 11.1 Å². The molecule has 2 aromatic rings. The lowest BCUT2D eigenvalue weighted by atomic mass is 9.93. The summed E-state index contributed by atoms with van der Waals surface area (Å²) in [5, 5.41) is 0. The third kappa shape index (κ3) is 3.33. The van der Waals surface area contributed by atoms with Crippen LogP contribution >= 0.6 is 0 Å². The highest BCUT2D eigenvalue weighted by Gasteiger charge is 2.50. The van der Waals surface area contributed by atoms with Gasteiger partial charge in [0, 0.05) is 13.2 Å². The minimum atomic E-state index is -3.70. The molecular weight excluding hydrogens is 426 g/mol. The SMILES string of the molecule is CCOC(OCC)(c1c(F)c(F)c(F)c(F)c1F)c1c(F)c(F)c(F)c(F)c1F. The van der Waals surface area contributed by atoms with Crippen molar-refractivity contribution in [3.8, 4) is 0 Å². The second kappa shape index (κ2) is 8.19. The van der Waals surface area contributed by atoms with Crippen LogP contribution in [0.15, 0.2) is 0 Å². The zero-order chi connectivity index (χ0) is 22.3. The number of benzene rings is 2. The van der Waals surface area contributed by atoms with Crippen molar-refractivity contribution in [2.75, 3.05) is 13.2 Å². The molecule has 29 heavy (non-hydrogen) atoms. The molecule has 0 fully saturated rings. The van der Waals surface area contributed by atoms with Crippen LogP contribution in [0.5, 0.6) is 0 Å². The van der Waals surface area contributed by atoms with E-state index in [1.165, 1.54) is 0 Å². The van der Waals surface area contributed by atoms with E-state index in [4.69, 9.17) is 9.47 Å². The summed E-state index contributed by atoms with van der Waals surface area (Å²) < 4.78 is 149. The predicted octanol–water partition coefficient (Wildman–Crippen LogP) is 5.35. The maximum atomic E-state index is 14.4. The van der Waals surface area contributed by atoms with Crippen LogP contribution in [0.4, 0.5) is 43.9 Å². The molecule has 0 saturated carbocycles. The van der Waals surface area contributed by atoms with Gasteiger partial charge in [0.25, 0.3) is 0 Å². The van der Waals surface area contributed by atoms with Crippen molar-refractivity contribution in [3.63, 3.8) is 0 Å². The standard InChI is InChI=1S/C17H10F10O2/c1-3-28-17(29-4-2,5-7(18)11(22)15(26)12(23)8(5)19)6-9(20)13(24)16(27)14(25)10(6)21/h3-4H2,1-2H3. The molecule has 12 heteroatoms. The van der Waals surface area contributed by atoms with E-state index in [0.29, 0.717) is 0 Å². The first-order valence-corrected chi connectivity index (χ1v) is 7.79. The molecule has 0 aliphatic carbocycles. The molecule has 0 N–H and O–H groups in total. The van der Waals surface area contributed by atoms with Crippen molar-refractivity contribution in [3.05, 3.63) is 69.3 Å². The molecule has 0 radical (unpaired) electrons. The lowest BCUT2D eigenvalue weighted by Crippen LogP contribution is -2.40. The van der Waals surface area contributed by atoms with Gasteiger partial charge in [-0.15, -0.1) is 0 Å². The van der Waals surface area contributed by atoms with Crippen LogP contribution < -0.4 is 0 Å². The van der Waals surface area contributed by atoms with Crippen molar-refractivity contribution >= 4 is 0 Å². The topological polar surface area (TPSA) is 18.5 Å². The zero-order valence-corrected chi connectivity index (χ0v) is 14.5. The van der Waals surface area contributed by atoms with Crippen LogP contribution in [0.25, 0.3) is 0 Å². The van der Waals surface area contributed by atoms with Gasteiger partial charge in [0.1, 0.15) is 0 Å². The van der Waals surface area contributed by atoms with E-state index >= 15 is 0 Å². The first-order valence-electron chi connectivity index (χ1n) is 7.79. The summed E-state index contributed by atoms with van der Waals surface area (Å²) in [7, 11) is 0. The predicted molar refractivity (Wildman–Crippen MR) is 76.5 cm³/mol. The van der Waals surface area contributed by atoms with E-state index in [0.717, 1.165) is 13.8 Å². The van der Waals surface area contributed by atoms with E-state index in [1.807, 2.05) is 0 Å². The number of hydrogen-bond donors (Lipinski definition) is 0. The van der Waals surface area contributed by atoms with Crippen LogP contribution in [0.3, 0.4) is 0 Å². The Morgan fingerprint density at radius 3 is 0.862 bits per heavy atom. The van der Waals surface area contributed by atoms with Crippen LogP contribution in [-0.2, 0) is 15.3 Å². The minimum absolute atomic E-state index is 0.765. The number of halogens is 10. The molecule has 2 nitrogen and oxygen atoms in total. The summed E-state index contributed by atoms with van der Waals surface area (Å²) in [5.74, 6) is -29.7. The molecule has 0 bridgehead atoms. The molecule has 0 aromatic heterocycles. The van der Waals surface area contributed by atoms with E-state index in [2.05, 4.69) is 0 Å². The summed E-state index contributed by atoms with van der Waals surface area (Å²) in [6.45, 7) is 0.565. The van der Waals surface area contributed by atoms with E-state index in [9.17, 15) is 43.9 Å². The van der Waals surface area contributed by atoms with Crippen LogP contribution in [0.1, 0.15) is 25.0 Å². The Kier molecular flexibility index (Phi) is 6.48. The molecule has 2 aromatic carbocycles. The third-order valence-electron chi connectivity index (χ3n) is 3.77. The smallest absolute Gasteiger partial charge is 0.234 e. The summed E-state index contributed by atoms with van der Waals surface area (Å²) >= 11 is 0. The summed E-state index contributed by atoms with van der Waals surface area (Å²) in [5.41, 5.74) is -4.17. The maximum Gasteiger partial charge on any atom is 0.234 e. The fraction of sp³-hybridized carbons (Fsp3) is 0.294. The molecule has 0 atom stereocenters. The lowest BCUT2D eigenvalue weighted by molar-refractivity contribution is -0.220.